The number of ether oxygens (including phenoxy) is 2. The topological polar surface area (TPSA) is 78.3 Å². The van der Waals surface area contributed by atoms with E-state index in [9.17, 15) is 4.79 Å². The first-order valence-corrected chi connectivity index (χ1v) is 11.7. The van der Waals surface area contributed by atoms with Gasteiger partial charge in [-0.25, -0.2) is 0 Å². The first kappa shape index (κ1) is 23.4. The molecule has 4 rings (SSSR count). The van der Waals surface area contributed by atoms with Gasteiger partial charge in [0.25, 0.3) is 0 Å². The summed E-state index contributed by atoms with van der Waals surface area (Å²) >= 11 is 1.32. The molecule has 1 N–H and O–H groups in total. The summed E-state index contributed by atoms with van der Waals surface area (Å²) in [6.07, 6.45) is 0. The fourth-order valence-electron chi connectivity index (χ4n) is 3.46. The number of methoxy groups -OCH3 is 2. The third-order valence-electron chi connectivity index (χ3n) is 5.43. The lowest BCUT2D eigenvalue weighted by Gasteiger charge is -2.13. The number of thioether (sulfide) groups is 1. The number of amides is 1. The number of nitrogens with zero attached hydrogens (tertiary/aromatic N) is 3. The van der Waals surface area contributed by atoms with Gasteiger partial charge in [-0.2, -0.15) is 0 Å². The predicted octanol–water partition coefficient (Wildman–Crippen LogP) is 5.30. The number of carbonyl (C=O) groups is 1. The number of aryl methyl sites for hydroxylation is 2. The average Bonchev–Trinajstić information content (AvgIpc) is 3.29. The highest BCUT2D eigenvalue weighted by Crippen LogP contribution is 2.31. The number of nitrogens with one attached hydrogen (secondary N) is 1. The molecule has 174 valence electrons. The molecular weight excluding hydrogens is 448 g/mol. The molecule has 7 nitrogen and oxygen atoms in total. The van der Waals surface area contributed by atoms with Crippen molar-refractivity contribution in [3.05, 3.63) is 77.9 Å². The van der Waals surface area contributed by atoms with E-state index in [1.54, 1.807) is 32.4 Å². The van der Waals surface area contributed by atoms with E-state index in [2.05, 4.69) is 41.5 Å². The maximum absolute atomic E-state index is 12.8. The lowest BCUT2D eigenvalue weighted by Crippen LogP contribution is -2.15. The van der Waals surface area contributed by atoms with Crippen LogP contribution in [-0.4, -0.2) is 40.6 Å². The molecule has 0 aliphatic heterocycles. The van der Waals surface area contributed by atoms with Gasteiger partial charge in [-0.3, -0.25) is 9.36 Å². The van der Waals surface area contributed by atoms with E-state index >= 15 is 0 Å². The van der Waals surface area contributed by atoms with Crippen LogP contribution in [0.5, 0.6) is 11.5 Å². The number of aromatic nitrogens is 3. The van der Waals surface area contributed by atoms with E-state index in [1.165, 1.54) is 22.9 Å². The van der Waals surface area contributed by atoms with Crippen LogP contribution in [0.1, 0.15) is 11.1 Å². The van der Waals surface area contributed by atoms with Crippen LogP contribution in [0.3, 0.4) is 0 Å². The lowest BCUT2D eigenvalue weighted by atomic mass is 10.1. The summed E-state index contributed by atoms with van der Waals surface area (Å²) in [6, 6.07) is 21.4. The number of benzene rings is 3. The zero-order valence-corrected chi connectivity index (χ0v) is 20.3. The molecule has 3 aromatic carbocycles. The molecule has 0 saturated carbocycles. The Morgan fingerprint density at radius 2 is 1.74 bits per heavy atom. The second-order valence-corrected chi connectivity index (χ2v) is 8.62. The molecule has 8 heteroatoms. The standard InChI is InChI=1S/C26H26N4O3S/c1-17-10-11-20(14-18(17)2)30-25(19-8-6-5-7-9-19)28-29-26(30)34-16-24(31)27-22-15-21(32-3)12-13-23(22)33-4/h5-15H,16H2,1-4H3,(H,27,31). The van der Waals surface area contributed by atoms with Crippen LogP contribution >= 0.6 is 11.8 Å². The Bertz CT molecular complexity index is 1300. The number of hydrogen-bond acceptors (Lipinski definition) is 6. The highest BCUT2D eigenvalue weighted by molar-refractivity contribution is 7.99. The zero-order valence-electron chi connectivity index (χ0n) is 19.5. The van der Waals surface area contributed by atoms with Crippen molar-refractivity contribution in [1.29, 1.82) is 0 Å². The Morgan fingerprint density at radius 3 is 2.44 bits per heavy atom. The minimum Gasteiger partial charge on any atom is -0.497 e. The van der Waals surface area contributed by atoms with E-state index in [1.807, 2.05) is 41.0 Å². The van der Waals surface area contributed by atoms with Crippen molar-refractivity contribution in [2.75, 3.05) is 25.3 Å². The van der Waals surface area contributed by atoms with Crippen molar-refractivity contribution in [1.82, 2.24) is 14.8 Å². The minimum absolute atomic E-state index is 0.151. The minimum atomic E-state index is -0.188. The van der Waals surface area contributed by atoms with E-state index in [-0.39, 0.29) is 11.7 Å². The Hall–Kier alpha value is -3.78. The lowest BCUT2D eigenvalue weighted by molar-refractivity contribution is -0.113. The van der Waals surface area contributed by atoms with Crippen LogP contribution in [0.25, 0.3) is 17.1 Å². The van der Waals surface area contributed by atoms with Crippen LogP contribution < -0.4 is 14.8 Å². The molecule has 34 heavy (non-hydrogen) atoms. The smallest absolute Gasteiger partial charge is 0.234 e. The van der Waals surface area contributed by atoms with Crippen molar-refractivity contribution < 1.29 is 14.3 Å². The molecule has 0 bridgehead atoms. The van der Waals surface area contributed by atoms with Gasteiger partial charge in [0.1, 0.15) is 11.5 Å². The largest absolute Gasteiger partial charge is 0.497 e. The third kappa shape index (κ3) is 5.07. The van der Waals surface area contributed by atoms with E-state index in [0.717, 1.165) is 17.1 Å². The monoisotopic (exact) mass is 474 g/mol. The van der Waals surface area contributed by atoms with Crippen molar-refractivity contribution >= 4 is 23.4 Å². The second kappa shape index (κ2) is 10.4. The SMILES string of the molecule is COc1ccc(OC)c(NC(=O)CSc2nnc(-c3ccccc3)n2-c2ccc(C)c(C)c2)c1. The van der Waals surface area contributed by atoms with E-state index in [0.29, 0.717) is 22.3 Å². The van der Waals surface area contributed by atoms with Crippen LogP contribution in [0.4, 0.5) is 5.69 Å². The molecule has 4 aromatic rings. The van der Waals surface area contributed by atoms with Crippen molar-refractivity contribution in [2.45, 2.75) is 19.0 Å². The molecule has 1 amide bonds. The number of anilines is 1. The van der Waals surface area contributed by atoms with Crippen molar-refractivity contribution in [3.8, 4) is 28.6 Å². The second-order valence-electron chi connectivity index (χ2n) is 7.68. The maximum Gasteiger partial charge on any atom is 0.234 e. The highest BCUT2D eigenvalue weighted by atomic mass is 32.2. The molecule has 0 radical (unpaired) electrons. The molecular formula is C26H26N4O3S. The molecule has 0 atom stereocenters. The van der Waals surface area contributed by atoms with Gasteiger partial charge in [-0.1, -0.05) is 48.2 Å². The first-order chi connectivity index (χ1) is 16.5. The van der Waals surface area contributed by atoms with Crippen LogP contribution in [-0.2, 0) is 4.79 Å². The molecule has 0 spiro atoms. The predicted molar refractivity (Wildman–Crippen MR) is 135 cm³/mol. The van der Waals surface area contributed by atoms with Crippen molar-refractivity contribution in [2.24, 2.45) is 0 Å². The van der Waals surface area contributed by atoms with Crippen LogP contribution in [0.2, 0.25) is 0 Å². The fraction of sp³-hybridized carbons (Fsp3) is 0.192. The summed E-state index contributed by atoms with van der Waals surface area (Å²) in [5, 5.41) is 12.4. The Kier molecular flexibility index (Phi) is 7.18. The molecule has 1 heterocycles. The van der Waals surface area contributed by atoms with Gasteiger partial charge in [0.05, 0.1) is 31.3 Å². The van der Waals surface area contributed by atoms with Crippen molar-refractivity contribution in [3.63, 3.8) is 0 Å². The maximum atomic E-state index is 12.8. The van der Waals surface area contributed by atoms with E-state index < -0.39 is 0 Å². The van der Waals surface area contributed by atoms with Crippen LogP contribution in [0.15, 0.2) is 71.9 Å². The Balaban J connectivity index is 1.61. The molecule has 0 fully saturated rings. The summed E-state index contributed by atoms with van der Waals surface area (Å²) in [6.45, 7) is 4.16. The number of carbonyl (C=O) groups excluding carboxylic acids is 1. The molecule has 0 aliphatic rings. The first-order valence-electron chi connectivity index (χ1n) is 10.7. The summed E-state index contributed by atoms with van der Waals surface area (Å²) in [7, 11) is 3.14. The van der Waals surface area contributed by atoms with E-state index in [4.69, 9.17) is 9.47 Å². The molecule has 0 aliphatic carbocycles. The summed E-state index contributed by atoms with van der Waals surface area (Å²) in [5.74, 6) is 1.88. The van der Waals surface area contributed by atoms with Gasteiger partial charge in [-0.05, 0) is 49.2 Å². The summed E-state index contributed by atoms with van der Waals surface area (Å²) in [5.41, 5.74) is 4.82. The van der Waals surface area contributed by atoms with Gasteiger partial charge in [0, 0.05) is 11.6 Å². The zero-order chi connectivity index (χ0) is 24.1. The molecule has 0 saturated heterocycles. The van der Waals surface area contributed by atoms with Gasteiger partial charge < -0.3 is 14.8 Å². The van der Waals surface area contributed by atoms with Gasteiger partial charge >= 0.3 is 0 Å². The molecule has 0 unspecified atom stereocenters. The number of rotatable bonds is 8. The normalized spacial score (nSPS) is 10.7. The average molecular weight is 475 g/mol. The Labute approximate surface area is 203 Å². The highest BCUT2D eigenvalue weighted by Gasteiger charge is 2.18. The van der Waals surface area contributed by atoms with Gasteiger partial charge in [0.2, 0.25) is 5.91 Å². The van der Waals surface area contributed by atoms with Crippen LogP contribution in [0, 0.1) is 13.8 Å². The summed E-state index contributed by atoms with van der Waals surface area (Å²) < 4.78 is 12.6. The van der Waals surface area contributed by atoms with Gasteiger partial charge in [-0.15, -0.1) is 10.2 Å². The third-order valence-corrected chi connectivity index (χ3v) is 6.36. The molecule has 1 aromatic heterocycles. The fourth-order valence-corrected chi connectivity index (χ4v) is 4.22. The summed E-state index contributed by atoms with van der Waals surface area (Å²) in [4.78, 5) is 12.8. The van der Waals surface area contributed by atoms with Gasteiger partial charge in [0.15, 0.2) is 11.0 Å². The number of hydrogen-bond donors (Lipinski definition) is 1. The Morgan fingerprint density at radius 1 is 0.941 bits per heavy atom. The quantitative estimate of drug-likeness (QED) is 0.349.